The molecule has 0 saturated carbocycles. The Bertz CT molecular complexity index is 497. The van der Waals surface area contributed by atoms with Crippen LogP contribution >= 0.6 is 11.6 Å². The third-order valence-corrected chi connectivity index (χ3v) is 2.48. The van der Waals surface area contributed by atoms with Crippen molar-refractivity contribution >= 4 is 17.3 Å². The highest BCUT2D eigenvalue weighted by Gasteiger charge is 2.03. The van der Waals surface area contributed by atoms with Gasteiger partial charge in [0.05, 0.1) is 11.6 Å². The average Bonchev–Trinajstić information content (AvgIpc) is 2.66. The topological polar surface area (TPSA) is 42.7 Å². The van der Waals surface area contributed by atoms with Crippen molar-refractivity contribution in [1.82, 2.24) is 14.8 Å². The molecule has 0 amide bonds. The van der Waals surface area contributed by atoms with E-state index in [0.717, 1.165) is 5.82 Å². The normalized spacial score (nSPS) is 10.4. The van der Waals surface area contributed by atoms with Crippen LogP contribution in [0.15, 0.2) is 24.5 Å². The van der Waals surface area contributed by atoms with Gasteiger partial charge < -0.3 is 5.32 Å². The van der Waals surface area contributed by atoms with Crippen LogP contribution in [0.3, 0.4) is 0 Å². The first kappa shape index (κ1) is 10.9. The Labute approximate surface area is 97.1 Å². The number of aromatic nitrogens is 3. The van der Waals surface area contributed by atoms with Crippen molar-refractivity contribution in [2.45, 2.75) is 6.54 Å². The van der Waals surface area contributed by atoms with E-state index in [1.165, 1.54) is 18.5 Å². The van der Waals surface area contributed by atoms with E-state index in [4.69, 9.17) is 11.6 Å². The molecule has 0 bridgehead atoms. The number of nitrogens with zero attached hydrogens (tertiary/aromatic N) is 3. The zero-order chi connectivity index (χ0) is 11.5. The van der Waals surface area contributed by atoms with Crippen LogP contribution in [0.2, 0.25) is 5.02 Å². The van der Waals surface area contributed by atoms with E-state index < -0.39 is 5.82 Å². The Balaban J connectivity index is 2.05. The number of anilines is 1. The van der Waals surface area contributed by atoms with Crippen LogP contribution < -0.4 is 5.32 Å². The average molecular weight is 241 g/mol. The minimum absolute atomic E-state index is 0.115. The third kappa shape index (κ3) is 2.30. The molecular weight excluding hydrogens is 231 g/mol. The molecule has 1 aromatic carbocycles. The molecule has 0 aliphatic rings. The first-order valence-electron chi connectivity index (χ1n) is 4.68. The number of benzene rings is 1. The molecule has 2 aromatic rings. The zero-order valence-corrected chi connectivity index (χ0v) is 9.37. The summed E-state index contributed by atoms with van der Waals surface area (Å²) >= 11 is 5.58. The molecule has 1 heterocycles. The van der Waals surface area contributed by atoms with Gasteiger partial charge in [-0.1, -0.05) is 11.6 Å². The molecule has 0 radical (unpaired) electrons. The van der Waals surface area contributed by atoms with Gasteiger partial charge in [0.2, 0.25) is 0 Å². The standard InChI is InChI=1S/C10H10ClFN4/c1-16-10(14-6-15-16)5-13-7-2-3-8(11)9(12)4-7/h2-4,6,13H,5H2,1H3. The van der Waals surface area contributed by atoms with Gasteiger partial charge in [-0.25, -0.2) is 9.37 Å². The van der Waals surface area contributed by atoms with Gasteiger partial charge in [0.15, 0.2) is 0 Å². The van der Waals surface area contributed by atoms with Gasteiger partial charge in [-0.15, -0.1) is 0 Å². The molecule has 1 aromatic heterocycles. The van der Waals surface area contributed by atoms with Crippen molar-refractivity contribution in [3.8, 4) is 0 Å². The van der Waals surface area contributed by atoms with E-state index in [1.54, 1.807) is 17.8 Å². The van der Waals surface area contributed by atoms with E-state index in [2.05, 4.69) is 15.4 Å². The van der Waals surface area contributed by atoms with Crippen molar-refractivity contribution in [1.29, 1.82) is 0 Å². The number of hydrogen-bond acceptors (Lipinski definition) is 3. The largest absolute Gasteiger partial charge is 0.378 e. The molecule has 0 spiro atoms. The summed E-state index contributed by atoms with van der Waals surface area (Å²) in [6.45, 7) is 0.484. The smallest absolute Gasteiger partial charge is 0.145 e. The van der Waals surface area contributed by atoms with Crippen LogP contribution in [-0.4, -0.2) is 14.8 Å². The molecule has 4 nitrogen and oxygen atoms in total. The summed E-state index contributed by atoms with van der Waals surface area (Å²) in [5.74, 6) is 0.333. The van der Waals surface area contributed by atoms with Gasteiger partial charge in [0.1, 0.15) is 18.0 Å². The Morgan fingerprint density at radius 2 is 2.31 bits per heavy atom. The van der Waals surface area contributed by atoms with Gasteiger partial charge in [0, 0.05) is 12.7 Å². The zero-order valence-electron chi connectivity index (χ0n) is 8.61. The highest BCUT2D eigenvalue weighted by atomic mass is 35.5. The summed E-state index contributed by atoms with van der Waals surface area (Å²) in [7, 11) is 1.80. The van der Waals surface area contributed by atoms with E-state index >= 15 is 0 Å². The fourth-order valence-electron chi connectivity index (χ4n) is 1.27. The van der Waals surface area contributed by atoms with Crippen LogP contribution in [0, 0.1) is 5.82 Å². The van der Waals surface area contributed by atoms with Crippen molar-refractivity contribution in [2.24, 2.45) is 7.05 Å². The molecule has 6 heteroatoms. The lowest BCUT2D eigenvalue weighted by Gasteiger charge is -2.06. The monoisotopic (exact) mass is 240 g/mol. The van der Waals surface area contributed by atoms with Gasteiger partial charge in [0.25, 0.3) is 0 Å². The second kappa shape index (κ2) is 4.49. The van der Waals surface area contributed by atoms with Crippen LogP contribution in [0.5, 0.6) is 0 Å². The van der Waals surface area contributed by atoms with Gasteiger partial charge in [-0.05, 0) is 18.2 Å². The predicted octanol–water partition coefficient (Wildman–Crippen LogP) is 2.22. The highest BCUT2D eigenvalue weighted by molar-refractivity contribution is 6.30. The van der Waals surface area contributed by atoms with Crippen molar-refractivity contribution < 1.29 is 4.39 Å². The minimum atomic E-state index is -0.440. The summed E-state index contributed by atoms with van der Waals surface area (Å²) in [5.41, 5.74) is 0.657. The van der Waals surface area contributed by atoms with Crippen LogP contribution in [0.25, 0.3) is 0 Å². The van der Waals surface area contributed by atoms with E-state index in [1.807, 2.05) is 0 Å². The molecule has 0 fully saturated rings. The van der Waals surface area contributed by atoms with Gasteiger partial charge in [-0.2, -0.15) is 5.10 Å². The maximum Gasteiger partial charge on any atom is 0.145 e. The molecule has 0 unspecified atom stereocenters. The van der Waals surface area contributed by atoms with Crippen molar-refractivity contribution in [3.63, 3.8) is 0 Å². The maximum atomic E-state index is 13.1. The Morgan fingerprint density at radius 3 is 2.94 bits per heavy atom. The molecule has 0 aliphatic carbocycles. The van der Waals surface area contributed by atoms with Crippen LogP contribution in [0.1, 0.15) is 5.82 Å². The summed E-state index contributed by atoms with van der Waals surface area (Å²) in [4.78, 5) is 4.04. The first-order valence-corrected chi connectivity index (χ1v) is 5.06. The molecule has 84 valence electrons. The fourth-order valence-corrected chi connectivity index (χ4v) is 1.38. The molecule has 16 heavy (non-hydrogen) atoms. The second-order valence-electron chi connectivity index (χ2n) is 3.28. The molecule has 2 rings (SSSR count). The van der Waals surface area contributed by atoms with E-state index in [0.29, 0.717) is 12.2 Å². The molecule has 0 aliphatic heterocycles. The lowest BCUT2D eigenvalue weighted by molar-refractivity contribution is 0.628. The van der Waals surface area contributed by atoms with Crippen molar-refractivity contribution in [2.75, 3.05) is 5.32 Å². The number of rotatable bonds is 3. The lowest BCUT2D eigenvalue weighted by Crippen LogP contribution is -2.06. The maximum absolute atomic E-state index is 13.1. The number of nitrogens with one attached hydrogen (secondary N) is 1. The number of hydrogen-bond donors (Lipinski definition) is 1. The first-order chi connectivity index (χ1) is 7.66. The summed E-state index contributed by atoms with van der Waals surface area (Å²) < 4.78 is 14.8. The van der Waals surface area contributed by atoms with Gasteiger partial charge in [-0.3, -0.25) is 4.68 Å². The molecule has 1 N–H and O–H groups in total. The molecule has 0 atom stereocenters. The summed E-state index contributed by atoms with van der Waals surface area (Å²) in [6.07, 6.45) is 1.47. The number of halogens is 2. The Morgan fingerprint density at radius 1 is 1.50 bits per heavy atom. The van der Waals surface area contributed by atoms with Crippen LogP contribution in [-0.2, 0) is 13.6 Å². The van der Waals surface area contributed by atoms with Crippen molar-refractivity contribution in [3.05, 3.63) is 41.2 Å². The van der Waals surface area contributed by atoms with E-state index in [9.17, 15) is 4.39 Å². The third-order valence-electron chi connectivity index (χ3n) is 2.18. The SMILES string of the molecule is Cn1ncnc1CNc1ccc(Cl)c(F)c1. The van der Waals surface area contributed by atoms with Gasteiger partial charge >= 0.3 is 0 Å². The highest BCUT2D eigenvalue weighted by Crippen LogP contribution is 2.18. The molecular formula is C10H10ClFN4. The Hall–Kier alpha value is -1.62. The lowest BCUT2D eigenvalue weighted by atomic mass is 10.3. The second-order valence-corrected chi connectivity index (χ2v) is 3.69. The Kier molecular flexibility index (Phi) is 3.05. The summed E-state index contributed by atoms with van der Waals surface area (Å²) in [6, 6.07) is 4.57. The predicted molar refractivity (Wildman–Crippen MR) is 59.7 cm³/mol. The minimum Gasteiger partial charge on any atom is -0.378 e. The van der Waals surface area contributed by atoms with Crippen LogP contribution in [0.4, 0.5) is 10.1 Å². The summed E-state index contributed by atoms with van der Waals surface area (Å²) in [5, 5.41) is 7.08. The molecule has 0 saturated heterocycles. The fraction of sp³-hybridized carbons (Fsp3) is 0.200. The number of aryl methyl sites for hydroxylation is 1. The van der Waals surface area contributed by atoms with E-state index in [-0.39, 0.29) is 5.02 Å². The quantitative estimate of drug-likeness (QED) is 0.895.